The zero-order valence-electron chi connectivity index (χ0n) is 20.9. The first-order valence-electron chi connectivity index (χ1n) is 12.9. The molecule has 1 unspecified atom stereocenters. The van der Waals surface area contributed by atoms with Gasteiger partial charge < -0.3 is 10.2 Å². The lowest BCUT2D eigenvalue weighted by Gasteiger charge is -2.24. The van der Waals surface area contributed by atoms with Crippen molar-refractivity contribution in [2.24, 2.45) is 5.41 Å². The van der Waals surface area contributed by atoms with Crippen LogP contribution in [0, 0.1) is 5.41 Å². The zero-order valence-corrected chi connectivity index (χ0v) is 20.9. The number of allylic oxidation sites excluding steroid dienone is 2. The van der Waals surface area contributed by atoms with E-state index in [4.69, 9.17) is 10.2 Å². The molecule has 1 atom stereocenters. The molecular formula is C27H54O3. The third-order valence-electron chi connectivity index (χ3n) is 6.02. The fourth-order valence-corrected chi connectivity index (χ4v) is 3.32. The Balaban J connectivity index is 0. The van der Waals surface area contributed by atoms with E-state index in [1.807, 2.05) is 0 Å². The number of rotatable bonds is 20. The lowest BCUT2D eigenvalue weighted by Crippen LogP contribution is -2.19. The third kappa shape index (κ3) is 25.2. The zero-order chi connectivity index (χ0) is 22.9. The molecule has 0 fully saturated rings. The van der Waals surface area contributed by atoms with Crippen molar-refractivity contribution in [1.82, 2.24) is 0 Å². The third-order valence-corrected chi connectivity index (χ3v) is 6.02. The molecule has 0 saturated carbocycles. The van der Waals surface area contributed by atoms with Gasteiger partial charge in [0.2, 0.25) is 0 Å². The van der Waals surface area contributed by atoms with Gasteiger partial charge in [0.05, 0.1) is 0 Å². The highest BCUT2D eigenvalue weighted by Gasteiger charge is 2.19. The van der Waals surface area contributed by atoms with Gasteiger partial charge >= 0.3 is 5.97 Å². The first-order valence-corrected chi connectivity index (χ1v) is 12.9. The van der Waals surface area contributed by atoms with E-state index in [-0.39, 0.29) is 5.41 Å². The number of carbonyl (C=O) groups is 1. The van der Waals surface area contributed by atoms with Crippen molar-refractivity contribution in [1.29, 1.82) is 0 Å². The first-order chi connectivity index (χ1) is 14.5. The van der Waals surface area contributed by atoms with E-state index in [9.17, 15) is 4.79 Å². The summed E-state index contributed by atoms with van der Waals surface area (Å²) in [5, 5.41) is 17.5. The Morgan fingerprint density at radius 1 is 0.733 bits per heavy atom. The van der Waals surface area contributed by atoms with Crippen LogP contribution in [0.2, 0.25) is 0 Å². The molecule has 0 heterocycles. The van der Waals surface area contributed by atoms with E-state index in [0.29, 0.717) is 13.0 Å². The molecule has 0 aliphatic carbocycles. The number of carboxylic acids is 1. The summed E-state index contributed by atoms with van der Waals surface area (Å²) in [6.07, 6.45) is 26.0. The minimum atomic E-state index is -0.664. The molecule has 30 heavy (non-hydrogen) atoms. The Morgan fingerprint density at radius 2 is 1.20 bits per heavy atom. The molecule has 2 N–H and O–H groups in total. The smallest absolute Gasteiger partial charge is 0.303 e. The second-order valence-corrected chi connectivity index (χ2v) is 9.15. The molecule has 0 aromatic carbocycles. The summed E-state index contributed by atoms with van der Waals surface area (Å²) < 4.78 is 0. The molecule has 180 valence electrons. The largest absolute Gasteiger partial charge is 0.481 e. The van der Waals surface area contributed by atoms with Crippen molar-refractivity contribution >= 4 is 5.97 Å². The number of carboxylic acid groups (broad SMARTS) is 1. The van der Waals surface area contributed by atoms with E-state index in [0.717, 1.165) is 25.7 Å². The molecule has 0 saturated heterocycles. The van der Waals surface area contributed by atoms with E-state index in [2.05, 4.69) is 39.8 Å². The fourth-order valence-electron chi connectivity index (χ4n) is 3.32. The molecule has 0 amide bonds. The highest BCUT2D eigenvalue weighted by molar-refractivity contribution is 5.66. The van der Waals surface area contributed by atoms with Crippen LogP contribution < -0.4 is 0 Å². The Morgan fingerprint density at radius 3 is 1.63 bits per heavy atom. The van der Waals surface area contributed by atoms with Gasteiger partial charge in [-0.2, -0.15) is 0 Å². The molecular weight excluding hydrogens is 372 g/mol. The molecule has 0 aromatic rings. The second-order valence-electron chi connectivity index (χ2n) is 9.15. The van der Waals surface area contributed by atoms with Crippen LogP contribution in [-0.4, -0.2) is 22.8 Å². The van der Waals surface area contributed by atoms with E-state index in [1.165, 1.54) is 83.5 Å². The van der Waals surface area contributed by atoms with E-state index >= 15 is 0 Å². The molecule has 0 aliphatic heterocycles. The fraction of sp³-hybridized carbons (Fsp3) is 0.889. The number of aliphatic hydroxyl groups excluding tert-OH is 1. The minimum Gasteiger partial charge on any atom is -0.481 e. The molecule has 3 nitrogen and oxygen atoms in total. The maximum absolute atomic E-state index is 10.3. The normalized spacial score (nSPS) is 13.1. The number of unbranched alkanes of at least 4 members (excludes halogenated alkanes) is 12. The average Bonchev–Trinajstić information content (AvgIpc) is 2.75. The number of aliphatic carboxylic acids is 1. The SMILES string of the molecule is CCCCC(C)(CC)CO.CCCCCCCCC=CCCCCCCCC(=O)O. The monoisotopic (exact) mass is 426 g/mol. The van der Waals surface area contributed by atoms with Crippen molar-refractivity contribution in [2.45, 2.75) is 143 Å². The van der Waals surface area contributed by atoms with Crippen LogP contribution in [0.1, 0.15) is 143 Å². The van der Waals surface area contributed by atoms with Gasteiger partial charge in [-0.3, -0.25) is 4.79 Å². The minimum absolute atomic E-state index is 0.190. The predicted octanol–water partition coefficient (Wildman–Crippen LogP) is 8.69. The number of hydrogen-bond donors (Lipinski definition) is 2. The van der Waals surface area contributed by atoms with Gasteiger partial charge in [-0.1, -0.05) is 104 Å². The maximum atomic E-state index is 10.3. The van der Waals surface area contributed by atoms with Crippen LogP contribution >= 0.6 is 0 Å². The van der Waals surface area contributed by atoms with Gasteiger partial charge in [0.15, 0.2) is 0 Å². The summed E-state index contributed by atoms with van der Waals surface area (Å²) in [5.41, 5.74) is 0.190. The molecule has 0 bridgehead atoms. The molecule has 0 rings (SSSR count). The average molecular weight is 427 g/mol. The van der Waals surface area contributed by atoms with Crippen molar-refractivity contribution < 1.29 is 15.0 Å². The summed E-state index contributed by atoms with van der Waals surface area (Å²) in [7, 11) is 0. The Kier molecular flexibility index (Phi) is 25.5. The van der Waals surface area contributed by atoms with Gasteiger partial charge in [0, 0.05) is 13.0 Å². The van der Waals surface area contributed by atoms with Crippen LogP contribution in [0.15, 0.2) is 12.2 Å². The van der Waals surface area contributed by atoms with Crippen molar-refractivity contribution in [2.75, 3.05) is 6.61 Å². The summed E-state index contributed by atoms with van der Waals surface area (Å²) in [6.45, 7) is 9.08. The standard InChI is InChI=1S/C18H34O2.C9H20O/c1-2-3-4-5-6-7-8-9-10-11-12-13-14-15-16-17-18(19)20;1-4-6-7-9(3,5-2)8-10/h9-10H,2-8,11-17H2,1H3,(H,19,20);10H,4-8H2,1-3H3. The molecule has 0 aliphatic rings. The summed E-state index contributed by atoms with van der Waals surface area (Å²) in [6, 6.07) is 0. The Labute approximate surface area is 188 Å². The van der Waals surface area contributed by atoms with Crippen LogP contribution in [0.25, 0.3) is 0 Å². The topological polar surface area (TPSA) is 57.5 Å². The first kappa shape index (κ1) is 31.4. The Bertz CT molecular complexity index is 372. The Hall–Kier alpha value is -0.830. The van der Waals surface area contributed by atoms with Gasteiger partial charge in [0.1, 0.15) is 0 Å². The maximum Gasteiger partial charge on any atom is 0.303 e. The quantitative estimate of drug-likeness (QED) is 0.151. The van der Waals surface area contributed by atoms with Gasteiger partial charge in [-0.15, -0.1) is 0 Å². The number of hydrogen-bond acceptors (Lipinski definition) is 2. The van der Waals surface area contributed by atoms with Gasteiger partial charge in [-0.05, 0) is 50.4 Å². The van der Waals surface area contributed by atoms with Crippen molar-refractivity contribution in [3.8, 4) is 0 Å². The predicted molar refractivity (Wildman–Crippen MR) is 132 cm³/mol. The van der Waals surface area contributed by atoms with Crippen LogP contribution in [-0.2, 0) is 4.79 Å². The lowest BCUT2D eigenvalue weighted by atomic mass is 9.83. The van der Waals surface area contributed by atoms with E-state index < -0.39 is 5.97 Å². The van der Waals surface area contributed by atoms with E-state index in [1.54, 1.807) is 0 Å². The summed E-state index contributed by atoms with van der Waals surface area (Å²) in [4.78, 5) is 10.3. The molecule has 0 radical (unpaired) electrons. The van der Waals surface area contributed by atoms with Crippen molar-refractivity contribution in [3.05, 3.63) is 12.2 Å². The highest BCUT2D eigenvalue weighted by Crippen LogP contribution is 2.26. The van der Waals surface area contributed by atoms with Gasteiger partial charge in [-0.25, -0.2) is 0 Å². The van der Waals surface area contributed by atoms with Crippen LogP contribution in [0.5, 0.6) is 0 Å². The lowest BCUT2D eigenvalue weighted by molar-refractivity contribution is -0.137. The molecule has 3 heteroatoms. The summed E-state index contributed by atoms with van der Waals surface area (Å²) >= 11 is 0. The number of aliphatic hydroxyl groups is 1. The summed E-state index contributed by atoms with van der Waals surface area (Å²) in [5.74, 6) is -0.664. The second kappa shape index (κ2) is 24.4. The van der Waals surface area contributed by atoms with Gasteiger partial charge in [0.25, 0.3) is 0 Å². The molecule has 0 aromatic heterocycles. The highest BCUT2D eigenvalue weighted by atomic mass is 16.4. The molecule has 0 spiro atoms. The van der Waals surface area contributed by atoms with Crippen LogP contribution in [0.4, 0.5) is 0 Å². The van der Waals surface area contributed by atoms with Crippen LogP contribution in [0.3, 0.4) is 0 Å². The van der Waals surface area contributed by atoms with Crippen molar-refractivity contribution in [3.63, 3.8) is 0 Å².